The van der Waals surface area contributed by atoms with E-state index in [-0.39, 0.29) is 6.61 Å². The van der Waals surface area contributed by atoms with Crippen LogP contribution in [0.5, 0.6) is 0 Å². The first-order valence-corrected chi connectivity index (χ1v) is 7.83. The Morgan fingerprint density at radius 2 is 2.05 bits per heavy atom. The molecule has 1 aliphatic heterocycles. The average molecular weight is 276 g/mol. The van der Waals surface area contributed by atoms with Gasteiger partial charge in [-0.3, -0.25) is 9.80 Å². The number of likely N-dealkylation sites (tertiary alicyclic amines) is 1. The Kier molecular flexibility index (Phi) is 6.02. The molecule has 2 rings (SSSR count). The predicted octanol–water partition coefficient (Wildman–Crippen LogP) is 2.35. The van der Waals surface area contributed by atoms with Gasteiger partial charge in [0.25, 0.3) is 0 Å². The van der Waals surface area contributed by atoms with Crippen LogP contribution in [0.15, 0.2) is 30.3 Å². The molecule has 0 unspecified atom stereocenters. The van der Waals surface area contributed by atoms with E-state index in [2.05, 4.69) is 54.0 Å². The lowest BCUT2D eigenvalue weighted by Crippen LogP contribution is -2.50. The molecule has 112 valence electrons. The maximum atomic E-state index is 9.13. The summed E-state index contributed by atoms with van der Waals surface area (Å²) in [5, 5.41) is 9.13. The second-order valence-corrected chi connectivity index (χ2v) is 6.07. The molecule has 1 saturated heterocycles. The van der Waals surface area contributed by atoms with Gasteiger partial charge in [0.05, 0.1) is 6.61 Å². The van der Waals surface area contributed by atoms with E-state index in [1.54, 1.807) is 0 Å². The van der Waals surface area contributed by atoms with E-state index in [1.165, 1.54) is 18.4 Å². The van der Waals surface area contributed by atoms with E-state index >= 15 is 0 Å². The van der Waals surface area contributed by atoms with Gasteiger partial charge in [0.15, 0.2) is 0 Å². The van der Waals surface area contributed by atoms with E-state index in [9.17, 15) is 0 Å². The Balaban J connectivity index is 2.00. The van der Waals surface area contributed by atoms with Gasteiger partial charge in [-0.25, -0.2) is 0 Å². The summed E-state index contributed by atoms with van der Waals surface area (Å²) in [5.74, 6) is 0. The fourth-order valence-electron chi connectivity index (χ4n) is 3.17. The monoisotopic (exact) mass is 276 g/mol. The number of hydrogen-bond donors (Lipinski definition) is 1. The number of nitrogens with zero attached hydrogens (tertiary/aromatic N) is 2. The molecule has 3 heteroatoms. The van der Waals surface area contributed by atoms with Crippen LogP contribution < -0.4 is 0 Å². The highest BCUT2D eigenvalue weighted by atomic mass is 16.3. The third-order valence-corrected chi connectivity index (χ3v) is 4.24. The van der Waals surface area contributed by atoms with Crippen LogP contribution in [0.1, 0.15) is 32.3 Å². The molecule has 0 saturated carbocycles. The summed E-state index contributed by atoms with van der Waals surface area (Å²) < 4.78 is 0. The molecule has 0 radical (unpaired) electrons. The lowest BCUT2D eigenvalue weighted by molar-refractivity contribution is 0.0609. The van der Waals surface area contributed by atoms with Crippen LogP contribution in [-0.2, 0) is 6.54 Å². The Morgan fingerprint density at radius 1 is 1.30 bits per heavy atom. The minimum absolute atomic E-state index is 0.271. The Morgan fingerprint density at radius 3 is 2.70 bits per heavy atom. The number of piperidine rings is 1. The SMILES string of the molecule is CC(C)N(Cc1ccccc1)[C@H]1CCCN(CCO)C1. The first-order chi connectivity index (χ1) is 9.70. The van der Waals surface area contributed by atoms with E-state index in [4.69, 9.17) is 5.11 Å². The van der Waals surface area contributed by atoms with Crippen molar-refractivity contribution in [2.24, 2.45) is 0 Å². The molecule has 0 bridgehead atoms. The lowest BCUT2D eigenvalue weighted by Gasteiger charge is -2.41. The molecular formula is C17H28N2O. The summed E-state index contributed by atoms with van der Waals surface area (Å²) >= 11 is 0. The van der Waals surface area contributed by atoms with Crippen LogP contribution in [0.25, 0.3) is 0 Å². The average Bonchev–Trinajstić information content (AvgIpc) is 2.46. The van der Waals surface area contributed by atoms with Gasteiger partial charge in [-0.15, -0.1) is 0 Å². The van der Waals surface area contributed by atoms with Gasteiger partial charge in [-0.2, -0.15) is 0 Å². The molecule has 1 aromatic rings. The zero-order chi connectivity index (χ0) is 14.4. The summed E-state index contributed by atoms with van der Waals surface area (Å²) in [7, 11) is 0. The molecule has 1 atom stereocenters. The molecule has 0 amide bonds. The first kappa shape index (κ1) is 15.5. The van der Waals surface area contributed by atoms with E-state index in [1.807, 2.05) is 0 Å². The molecule has 1 fully saturated rings. The van der Waals surface area contributed by atoms with Crippen LogP contribution in [-0.4, -0.2) is 53.2 Å². The molecular weight excluding hydrogens is 248 g/mol. The van der Waals surface area contributed by atoms with Gasteiger partial charge in [-0.05, 0) is 38.8 Å². The first-order valence-electron chi connectivity index (χ1n) is 7.83. The minimum Gasteiger partial charge on any atom is -0.395 e. The Bertz CT molecular complexity index is 378. The van der Waals surface area contributed by atoms with Crippen LogP contribution in [0.2, 0.25) is 0 Å². The maximum absolute atomic E-state index is 9.13. The van der Waals surface area contributed by atoms with Crippen molar-refractivity contribution < 1.29 is 5.11 Å². The highest BCUT2D eigenvalue weighted by molar-refractivity contribution is 5.14. The smallest absolute Gasteiger partial charge is 0.0558 e. The number of β-amino-alcohol motifs (C(OH)–C–C–N with tert-alkyl or cyclic N) is 1. The van der Waals surface area contributed by atoms with Gasteiger partial charge >= 0.3 is 0 Å². The molecule has 1 aliphatic rings. The topological polar surface area (TPSA) is 26.7 Å². The molecule has 1 heterocycles. The van der Waals surface area contributed by atoms with Gasteiger partial charge in [0, 0.05) is 31.7 Å². The van der Waals surface area contributed by atoms with E-state index in [0.29, 0.717) is 12.1 Å². The number of rotatable bonds is 6. The Hall–Kier alpha value is -0.900. The summed E-state index contributed by atoms with van der Waals surface area (Å²) in [6.45, 7) is 8.90. The molecule has 0 aromatic heterocycles. The van der Waals surface area contributed by atoms with Gasteiger partial charge in [-0.1, -0.05) is 30.3 Å². The van der Waals surface area contributed by atoms with Crippen molar-refractivity contribution in [3.05, 3.63) is 35.9 Å². The molecule has 1 aromatic carbocycles. The normalized spacial score (nSPS) is 20.8. The molecule has 0 aliphatic carbocycles. The van der Waals surface area contributed by atoms with Crippen LogP contribution >= 0.6 is 0 Å². The van der Waals surface area contributed by atoms with Crippen molar-refractivity contribution in [1.29, 1.82) is 0 Å². The second kappa shape index (κ2) is 7.77. The standard InChI is InChI=1S/C17H28N2O/c1-15(2)19(13-16-7-4-3-5-8-16)17-9-6-10-18(14-17)11-12-20/h3-5,7-8,15,17,20H,6,9-14H2,1-2H3/t17-/m0/s1. The number of aliphatic hydroxyl groups excluding tert-OH is 1. The lowest BCUT2D eigenvalue weighted by atomic mass is 10.0. The summed E-state index contributed by atoms with van der Waals surface area (Å²) in [6.07, 6.45) is 2.51. The highest BCUT2D eigenvalue weighted by Crippen LogP contribution is 2.20. The van der Waals surface area contributed by atoms with Gasteiger partial charge < -0.3 is 5.11 Å². The number of benzene rings is 1. The predicted molar refractivity (Wildman–Crippen MR) is 83.7 cm³/mol. The third kappa shape index (κ3) is 4.30. The summed E-state index contributed by atoms with van der Waals surface area (Å²) in [6, 6.07) is 11.9. The zero-order valence-electron chi connectivity index (χ0n) is 12.8. The quantitative estimate of drug-likeness (QED) is 0.864. The van der Waals surface area contributed by atoms with Gasteiger partial charge in [0.2, 0.25) is 0 Å². The molecule has 3 nitrogen and oxygen atoms in total. The zero-order valence-corrected chi connectivity index (χ0v) is 12.8. The molecule has 1 N–H and O–H groups in total. The van der Waals surface area contributed by atoms with Crippen molar-refractivity contribution >= 4 is 0 Å². The third-order valence-electron chi connectivity index (χ3n) is 4.24. The summed E-state index contributed by atoms with van der Waals surface area (Å²) in [4.78, 5) is 5.01. The summed E-state index contributed by atoms with van der Waals surface area (Å²) in [5.41, 5.74) is 1.39. The van der Waals surface area contributed by atoms with Crippen LogP contribution in [0, 0.1) is 0 Å². The maximum Gasteiger partial charge on any atom is 0.0558 e. The largest absolute Gasteiger partial charge is 0.395 e. The van der Waals surface area contributed by atoms with Crippen molar-refractivity contribution in [3.8, 4) is 0 Å². The molecule has 0 spiro atoms. The van der Waals surface area contributed by atoms with Crippen molar-refractivity contribution in [3.63, 3.8) is 0 Å². The second-order valence-electron chi connectivity index (χ2n) is 6.07. The van der Waals surface area contributed by atoms with Crippen molar-refractivity contribution in [2.45, 2.75) is 45.3 Å². The highest BCUT2D eigenvalue weighted by Gasteiger charge is 2.26. The van der Waals surface area contributed by atoms with Gasteiger partial charge in [0.1, 0.15) is 0 Å². The van der Waals surface area contributed by atoms with Crippen LogP contribution in [0.4, 0.5) is 0 Å². The number of hydrogen-bond acceptors (Lipinski definition) is 3. The minimum atomic E-state index is 0.271. The Labute approximate surface area is 123 Å². The molecule has 20 heavy (non-hydrogen) atoms. The van der Waals surface area contributed by atoms with Crippen LogP contribution in [0.3, 0.4) is 0 Å². The van der Waals surface area contributed by atoms with E-state index < -0.39 is 0 Å². The van der Waals surface area contributed by atoms with Crippen molar-refractivity contribution in [2.75, 3.05) is 26.2 Å². The van der Waals surface area contributed by atoms with E-state index in [0.717, 1.165) is 26.2 Å². The fourth-order valence-corrected chi connectivity index (χ4v) is 3.17. The van der Waals surface area contributed by atoms with Crippen molar-refractivity contribution in [1.82, 2.24) is 9.80 Å². The number of aliphatic hydroxyl groups is 1. The fraction of sp³-hybridized carbons (Fsp3) is 0.647.